The van der Waals surface area contributed by atoms with E-state index < -0.39 is 5.97 Å². The molecule has 2 aromatic heterocycles. The van der Waals surface area contributed by atoms with Crippen molar-refractivity contribution in [2.24, 2.45) is 0 Å². The number of nitrogens with zero attached hydrogens (tertiary/aromatic N) is 1. The molecule has 100 valence electrons. The summed E-state index contributed by atoms with van der Waals surface area (Å²) in [5.41, 5.74) is 0.516. The fourth-order valence-electron chi connectivity index (χ4n) is 1.75. The van der Waals surface area contributed by atoms with Crippen molar-refractivity contribution in [3.8, 4) is 21.4 Å². The van der Waals surface area contributed by atoms with Crippen molar-refractivity contribution in [3.63, 3.8) is 0 Å². The number of ether oxygens (including phenoxy) is 2. The molecular formula is C11H8BrNO4S2. The van der Waals surface area contributed by atoms with E-state index in [-0.39, 0.29) is 4.88 Å². The number of aryl methyl sites for hydroxylation is 1. The van der Waals surface area contributed by atoms with E-state index in [1.54, 1.807) is 6.92 Å². The normalized spacial score (nSPS) is 13.6. The maximum atomic E-state index is 11.1. The van der Waals surface area contributed by atoms with Crippen LogP contribution in [0.4, 0.5) is 0 Å². The Morgan fingerprint density at radius 2 is 2.00 bits per heavy atom. The summed E-state index contributed by atoms with van der Waals surface area (Å²) in [4.78, 5) is 16.4. The predicted octanol–water partition coefficient (Wildman–Crippen LogP) is 3.41. The lowest BCUT2D eigenvalue weighted by molar-refractivity contribution is 0.0701. The number of aromatic carboxylic acids is 1. The van der Waals surface area contributed by atoms with E-state index in [1.807, 2.05) is 0 Å². The standard InChI is InChI=1S/C11H8BrNO4S2/c1-4-7(11(14)15)19-10(13-4)8-5-6(9(12)18-8)17-3-2-16-5/h2-3H2,1H3,(H,14,15). The van der Waals surface area contributed by atoms with Gasteiger partial charge in [0.15, 0.2) is 11.5 Å². The average molecular weight is 362 g/mol. The van der Waals surface area contributed by atoms with Crippen LogP contribution in [0.3, 0.4) is 0 Å². The van der Waals surface area contributed by atoms with Crippen LogP contribution in [-0.4, -0.2) is 29.3 Å². The zero-order chi connectivity index (χ0) is 13.6. The Kier molecular flexibility index (Phi) is 3.23. The topological polar surface area (TPSA) is 68.7 Å². The third kappa shape index (κ3) is 2.13. The quantitative estimate of drug-likeness (QED) is 0.887. The molecule has 0 fully saturated rings. The lowest BCUT2D eigenvalue weighted by atomic mass is 10.4. The zero-order valence-electron chi connectivity index (χ0n) is 9.73. The number of halogens is 1. The Labute approximate surface area is 124 Å². The first-order chi connectivity index (χ1) is 9.08. The minimum Gasteiger partial charge on any atom is -0.484 e. The Hall–Kier alpha value is -1.12. The van der Waals surface area contributed by atoms with Crippen molar-refractivity contribution < 1.29 is 19.4 Å². The number of rotatable bonds is 2. The molecule has 1 aliphatic rings. The van der Waals surface area contributed by atoms with Gasteiger partial charge in [0.05, 0.1) is 5.69 Å². The van der Waals surface area contributed by atoms with Gasteiger partial charge < -0.3 is 14.6 Å². The van der Waals surface area contributed by atoms with Gasteiger partial charge in [0.2, 0.25) is 0 Å². The summed E-state index contributed by atoms with van der Waals surface area (Å²) in [6.45, 7) is 2.69. The fourth-order valence-corrected chi connectivity index (χ4v) is 4.42. The van der Waals surface area contributed by atoms with Crippen molar-refractivity contribution in [2.75, 3.05) is 13.2 Å². The largest absolute Gasteiger partial charge is 0.484 e. The first-order valence-corrected chi connectivity index (χ1v) is 7.79. The average Bonchev–Trinajstić information content (AvgIpc) is 2.91. The highest BCUT2D eigenvalue weighted by Crippen LogP contribution is 2.52. The van der Waals surface area contributed by atoms with E-state index in [0.29, 0.717) is 35.4 Å². The summed E-state index contributed by atoms with van der Waals surface area (Å²) < 4.78 is 12.0. The Balaban J connectivity index is 2.12. The van der Waals surface area contributed by atoms with E-state index in [0.717, 1.165) is 20.0 Å². The number of thiophene rings is 1. The van der Waals surface area contributed by atoms with Crippen molar-refractivity contribution in [1.82, 2.24) is 4.98 Å². The van der Waals surface area contributed by atoms with E-state index in [2.05, 4.69) is 20.9 Å². The molecule has 3 rings (SSSR count). The summed E-state index contributed by atoms with van der Waals surface area (Å²) in [5.74, 6) is 0.368. The van der Waals surface area contributed by atoms with Gasteiger partial charge in [0, 0.05) is 0 Å². The number of fused-ring (bicyclic) bond motifs is 1. The summed E-state index contributed by atoms with van der Waals surface area (Å²) >= 11 is 6.02. The molecule has 0 saturated heterocycles. The molecule has 0 amide bonds. The Morgan fingerprint density at radius 1 is 1.32 bits per heavy atom. The van der Waals surface area contributed by atoms with Crippen LogP contribution in [-0.2, 0) is 0 Å². The third-order valence-electron chi connectivity index (χ3n) is 2.54. The SMILES string of the molecule is Cc1nc(-c2sc(Br)c3c2OCCO3)sc1C(=O)O. The molecule has 5 nitrogen and oxygen atoms in total. The number of carboxylic acid groups (broad SMARTS) is 1. The molecule has 0 atom stereocenters. The van der Waals surface area contributed by atoms with Gasteiger partial charge in [-0.25, -0.2) is 9.78 Å². The second kappa shape index (κ2) is 4.77. The van der Waals surface area contributed by atoms with Gasteiger partial charge in [-0.05, 0) is 22.9 Å². The summed E-state index contributed by atoms with van der Waals surface area (Å²) in [5, 5.41) is 9.72. The number of hydrogen-bond acceptors (Lipinski definition) is 6. The first kappa shape index (κ1) is 12.9. The van der Waals surface area contributed by atoms with E-state index in [4.69, 9.17) is 14.6 Å². The maximum Gasteiger partial charge on any atom is 0.347 e. The molecule has 0 saturated carbocycles. The zero-order valence-corrected chi connectivity index (χ0v) is 12.9. The van der Waals surface area contributed by atoms with Crippen LogP contribution >= 0.6 is 38.6 Å². The summed E-state index contributed by atoms with van der Waals surface area (Å²) in [6.07, 6.45) is 0. The molecule has 0 radical (unpaired) electrons. The van der Waals surface area contributed by atoms with Crippen molar-refractivity contribution in [1.29, 1.82) is 0 Å². The second-order valence-electron chi connectivity index (χ2n) is 3.80. The van der Waals surface area contributed by atoms with E-state index in [9.17, 15) is 4.79 Å². The van der Waals surface area contributed by atoms with Gasteiger partial charge >= 0.3 is 5.97 Å². The van der Waals surface area contributed by atoms with Crippen LogP contribution in [0, 0.1) is 6.92 Å². The molecule has 0 unspecified atom stereocenters. The first-order valence-electron chi connectivity index (χ1n) is 5.37. The van der Waals surface area contributed by atoms with Gasteiger partial charge in [-0.3, -0.25) is 0 Å². The number of carbonyl (C=O) groups is 1. The van der Waals surface area contributed by atoms with Crippen molar-refractivity contribution in [2.45, 2.75) is 6.92 Å². The van der Waals surface area contributed by atoms with Gasteiger partial charge in [-0.15, -0.1) is 22.7 Å². The number of thiazole rings is 1. The predicted molar refractivity (Wildman–Crippen MR) is 75.8 cm³/mol. The molecule has 1 aliphatic heterocycles. The molecule has 0 aliphatic carbocycles. The van der Waals surface area contributed by atoms with Crippen LogP contribution in [0.25, 0.3) is 9.88 Å². The molecule has 3 heterocycles. The van der Waals surface area contributed by atoms with Crippen LogP contribution < -0.4 is 9.47 Å². The van der Waals surface area contributed by atoms with E-state index in [1.165, 1.54) is 11.3 Å². The van der Waals surface area contributed by atoms with Gasteiger partial charge in [-0.1, -0.05) is 0 Å². The van der Waals surface area contributed by atoms with Crippen molar-refractivity contribution >= 4 is 44.6 Å². The van der Waals surface area contributed by atoms with Gasteiger partial charge in [0.25, 0.3) is 0 Å². The maximum absolute atomic E-state index is 11.1. The number of carboxylic acids is 1. The van der Waals surface area contributed by atoms with Crippen molar-refractivity contribution in [3.05, 3.63) is 14.4 Å². The van der Waals surface area contributed by atoms with Crippen LogP contribution in [0.1, 0.15) is 15.4 Å². The van der Waals surface area contributed by atoms with Crippen LogP contribution in [0.15, 0.2) is 3.79 Å². The minimum absolute atomic E-state index is 0.255. The van der Waals surface area contributed by atoms with Crippen LogP contribution in [0.5, 0.6) is 11.5 Å². The second-order valence-corrected chi connectivity index (χ2v) is 7.14. The molecule has 0 bridgehead atoms. The minimum atomic E-state index is -0.956. The number of aromatic nitrogens is 1. The molecule has 8 heteroatoms. The molecule has 2 aromatic rings. The highest BCUT2D eigenvalue weighted by molar-refractivity contribution is 9.11. The monoisotopic (exact) mass is 361 g/mol. The highest BCUT2D eigenvalue weighted by atomic mass is 79.9. The molecule has 0 aromatic carbocycles. The summed E-state index contributed by atoms with van der Waals surface area (Å²) in [6, 6.07) is 0. The highest BCUT2D eigenvalue weighted by Gasteiger charge is 2.27. The summed E-state index contributed by atoms with van der Waals surface area (Å²) in [7, 11) is 0. The lowest BCUT2D eigenvalue weighted by Gasteiger charge is -2.15. The smallest absolute Gasteiger partial charge is 0.347 e. The lowest BCUT2D eigenvalue weighted by Crippen LogP contribution is -2.14. The molecular weight excluding hydrogens is 354 g/mol. The molecule has 0 spiro atoms. The molecule has 1 N–H and O–H groups in total. The van der Waals surface area contributed by atoms with Gasteiger partial charge in [-0.2, -0.15) is 0 Å². The van der Waals surface area contributed by atoms with Gasteiger partial charge in [0.1, 0.15) is 31.8 Å². The number of hydrogen-bond donors (Lipinski definition) is 1. The molecule has 19 heavy (non-hydrogen) atoms. The van der Waals surface area contributed by atoms with E-state index >= 15 is 0 Å². The fraction of sp³-hybridized carbons (Fsp3) is 0.273. The Bertz CT molecular complexity index is 664. The Morgan fingerprint density at radius 3 is 2.63 bits per heavy atom. The third-order valence-corrected chi connectivity index (χ3v) is 5.63. The van der Waals surface area contributed by atoms with Crippen LogP contribution in [0.2, 0.25) is 0 Å².